The highest BCUT2D eigenvalue weighted by atomic mass is 35.5. The number of hydrogen-bond acceptors (Lipinski definition) is 4. The van der Waals surface area contributed by atoms with Gasteiger partial charge in [-0.05, 0) is 37.1 Å². The first-order chi connectivity index (χ1) is 13.0. The van der Waals surface area contributed by atoms with Crippen molar-refractivity contribution in [2.24, 2.45) is 0 Å². The molecule has 1 saturated heterocycles. The van der Waals surface area contributed by atoms with E-state index >= 15 is 0 Å². The molecule has 6 nitrogen and oxygen atoms in total. The summed E-state index contributed by atoms with van der Waals surface area (Å²) >= 11 is 6.22. The monoisotopic (exact) mass is 408 g/mol. The molecule has 144 valence electrons. The second kappa shape index (κ2) is 8.73. The molecule has 0 unspecified atom stereocenters. The van der Waals surface area contributed by atoms with E-state index in [0.717, 1.165) is 17.1 Å². The van der Waals surface area contributed by atoms with Crippen molar-refractivity contribution < 1.29 is 17.9 Å². The van der Waals surface area contributed by atoms with E-state index in [0.29, 0.717) is 13.2 Å². The number of anilines is 1. The maximum atomic E-state index is 13.1. The summed E-state index contributed by atoms with van der Waals surface area (Å²) in [6, 6.07) is 14.5. The molecule has 8 heteroatoms. The zero-order valence-electron chi connectivity index (χ0n) is 14.7. The van der Waals surface area contributed by atoms with Crippen LogP contribution in [0.2, 0.25) is 5.02 Å². The lowest BCUT2D eigenvalue weighted by atomic mass is 10.2. The Labute approximate surface area is 164 Å². The summed E-state index contributed by atoms with van der Waals surface area (Å²) in [6.07, 6.45) is 1.83. The summed E-state index contributed by atoms with van der Waals surface area (Å²) in [5.74, 6) is -0.412. The number of hydrogen-bond donors (Lipinski definition) is 1. The zero-order chi connectivity index (χ0) is 19.3. The van der Waals surface area contributed by atoms with Crippen molar-refractivity contribution in [3.05, 3.63) is 59.6 Å². The van der Waals surface area contributed by atoms with Gasteiger partial charge in [-0.25, -0.2) is 8.42 Å². The number of halogens is 1. The average molecular weight is 409 g/mol. The highest BCUT2D eigenvalue weighted by Crippen LogP contribution is 2.30. The largest absolute Gasteiger partial charge is 0.376 e. The Hall–Kier alpha value is -2.09. The van der Waals surface area contributed by atoms with Crippen LogP contribution in [-0.4, -0.2) is 40.1 Å². The number of nitrogens with zero attached hydrogens (tertiary/aromatic N) is 1. The number of carbonyl (C=O) groups excluding carboxylic acids is 1. The van der Waals surface area contributed by atoms with Crippen LogP contribution in [0.4, 0.5) is 5.69 Å². The summed E-state index contributed by atoms with van der Waals surface area (Å²) in [7, 11) is -3.95. The molecule has 0 bridgehead atoms. The molecule has 2 aromatic rings. The number of ether oxygens (including phenoxy) is 1. The van der Waals surface area contributed by atoms with Crippen LogP contribution < -0.4 is 9.62 Å². The first-order valence-corrected chi connectivity index (χ1v) is 10.5. The summed E-state index contributed by atoms with van der Waals surface area (Å²) in [4.78, 5) is 12.6. The molecule has 27 heavy (non-hydrogen) atoms. The van der Waals surface area contributed by atoms with Crippen LogP contribution in [0.15, 0.2) is 59.5 Å². The predicted octanol–water partition coefficient (Wildman–Crippen LogP) is 2.83. The molecule has 1 aliphatic heterocycles. The van der Waals surface area contributed by atoms with Crippen LogP contribution in [0.25, 0.3) is 0 Å². The lowest BCUT2D eigenvalue weighted by Gasteiger charge is -2.25. The van der Waals surface area contributed by atoms with Gasteiger partial charge in [0.15, 0.2) is 0 Å². The maximum Gasteiger partial charge on any atom is 0.264 e. The number of benzene rings is 2. The SMILES string of the molecule is O=C(CN(c1ccccc1Cl)S(=O)(=O)c1ccccc1)NC[C@@H]1CCCO1. The van der Waals surface area contributed by atoms with Crippen molar-refractivity contribution in [3.8, 4) is 0 Å². The van der Waals surface area contributed by atoms with Gasteiger partial charge in [0, 0.05) is 13.2 Å². The fourth-order valence-electron chi connectivity index (χ4n) is 2.89. The van der Waals surface area contributed by atoms with E-state index in [-0.39, 0.29) is 28.3 Å². The van der Waals surface area contributed by atoms with E-state index in [1.807, 2.05) is 0 Å². The minimum atomic E-state index is -3.95. The van der Waals surface area contributed by atoms with Gasteiger partial charge in [0.2, 0.25) is 5.91 Å². The van der Waals surface area contributed by atoms with Gasteiger partial charge in [0.25, 0.3) is 10.0 Å². The maximum absolute atomic E-state index is 13.1. The molecule has 1 aliphatic rings. The van der Waals surface area contributed by atoms with Gasteiger partial charge in [-0.3, -0.25) is 9.10 Å². The normalized spacial score (nSPS) is 16.9. The molecule has 1 heterocycles. The Bertz CT molecular complexity index is 884. The molecule has 3 rings (SSSR count). The fourth-order valence-corrected chi connectivity index (χ4v) is 4.64. The molecule has 0 saturated carbocycles. The molecule has 2 aromatic carbocycles. The first kappa shape index (κ1) is 19.7. The standard InChI is InChI=1S/C19H21ClN2O4S/c20-17-10-4-5-11-18(17)22(27(24,25)16-8-2-1-3-9-16)14-19(23)21-13-15-7-6-12-26-15/h1-5,8-11,15H,6-7,12-14H2,(H,21,23)/t15-/m0/s1. The lowest BCUT2D eigenvalue weighted by Crippen LogP contribution is -2.43. The van der Waals surface area contributed by atoms with E-state index < -0.39 is 15.9 Å². The van der Waals surface area contributed by atoms with E-state index in [1.165, 1.54) is 12.1 Å². The second-order valence-corrected chi connectivity index (χ2v) is 8.48. The number of nitrogens with one attached hydrogen (secondary N) is 1. The third kappa shape index (κ3) is 4.80. The number of rotatable bonds is 7. The lowest BCUT2D eigenvalue weighted by molar-refractivity contribution is -0.120. The number of amides is 1. The van der Waals surface area contributed by atoms with Crippen molar-refractivity contribution in [2.45, 2.75) is 23.8 Å². The van der Waals surface area contributed by atoms with E-state index in [1.54, 1.807) is 42.5 Å². The molecular formula is C19H21ClN2O4S. The van der Waals surface area contributed by atoms with E-state index in [9.17, 15) is 13.2 Å². The minimum absolute atomic E-state index is 0.0200. The first-order valence-electron chi connectivity index (χ1n) is 8.69. The number of sulfonamides is 1. The molecule has 1 N–H and O–H groups in total. The van der Waals surface area contributed by atoms with Crippen LogP contribution in [0.1, 0.15) is 12.8 Å². The van der Waals surface area contributed by atoms with Crippen molar-refractivity contribution in [1.82, 2.24) is 5.32 Å². The third-order valence-electron chi connectivity index (χ3n) is 4.29. The predicted molar refractivity (Wildman–Crippen MR) is 104 cm³/mol. The Morgan fingerprint density at radius 3 is 2.52 bits per heavy atom. The second-order valence-electron chi connectivity index (χ2n) is 6.22. The van der Waals surface area contributed by atoms with Crippen molar-refractivity contribution in [2.75, 3.05) is 24.0 Å². The van der Waals surface area contributed by atoms with Gasteiger partial charge in [0.05, 0.1) is 21.7 Å². The summed E-state index contributed by atoms with van der Waals surface area (Å²) in [6.45, 7) is 0.683. The summed E-state index contributed by atoms with van der Waals surface area (Å²) < 4.78 is 32.8. The van der Waals surface area contributed by atoms with Gasteiger partial charge < -0.3 is 10.1 Å². The molecule has 1 amide bonds. The number of carbonyl (C=O) groups is 1. The van der Waals surface area contributed by atoms with Crippen LogP contribution in [0, 0.1) is 0 Å². The van der Waals surface area contributed by atoms with Crippen molar-refractivity contribution in [3.63, 3.8) is 0 Å². The smallest absolute Gasteiger partial charge is 0.264 e. The van der Waals surface area contributed by atoms with Gasteiger partial charge >= 0.3 is 0 Å². The van der Waals surface area contributed by atoms with Gasteiger partial charge in [-0.2, -0.15) is 0 Å². The quantitative estimate of drug-likeness (QED) is 0.764. The van der Waals surface area contributed by atoms with Gasteiger partial charge in [-0.15, -0.1) is 0 Å². The number of para-hydroxylation sites is 1. The Balaban J connectivity index is 1.84. The zero-order valence-corrected chi connectivity index (χ0v) is 16.2. The highest BCUT2D eigenvalue weighted by molar-refractivity contribution is 7.92. The minimum Gasteiger partial charge on any atom is -0.376 e. The molecule has 1 atom stereocenters. The van der Waals surface area contributed by atoms with Crippen LogP contribution in [0.5, 0.6) is 0 Å². The third-order valence-corrected chi connectivity index (χ3v) is 6.38. The summed E-state index contributed by atoms with van der Waals surface area (Å²) in [5.41, 5.74) is 0.260. The molecule has 0 aromatic heterocycles. The topological polar surface area (TPSA) is 75.7 Å². The van der Waals surface area contributed by atoms with E-state index in [4.69, 9.17) is 16.3 Å². The molecule has 1 fully saturated rings. The highest BCUT2D eigenvalue weighted by Gasteiger charge is 2.28. The molecule has 0 radical (unpaired) electrons. The molecular weight excluding hydrogens is 388 g/mol. The van der Waals surface area contributed by atoms with Crippen LogP contribution in [-0.2, 0) is 19.6 Å². The van der Waals surface area contributed by atoms with Crippen molar-refractivity contribution in [1.29, 1.82) is 0 Å². The van der Waals surface area contributed by atoms with Gasteiger partial charge in [0.1, 0.15) is 6.54 Å². The fraction of sp³-hybridized carbons (Fsp3) is 0.316. The molecule has 0 spiro atoms. The summed E-state index contributed by atoms with van der Waals surface area (Å²) in [5, 5.41) is 3.01. The molecule has 0 aliphatic carbocycles. The Morgan fingerprint density at radius 1 is 1.15 bits per heavy atom. The average Bonchev–Trinajstić information content (AvgIpc) is 3.19. The van der Waals surface area contributed by atoms with Crippen LogP contribution in [0.3, 0.4) is 0 Å². The van der Waals surface area contributed by atoms with Crippen molar-refractivity contribution >= 4 is 33.2 Å². The Kier molecular flexibility index (Phi) is 6.36. The Morgan fingerprint density at radius 2 is 1.85 bits per heavy atom. The van der Waals surface area contributed by atoms with Crippen LogP contribution >= 0.6 is 11.6 Å². The van der Waals surface area contributed by atoms with Gasteiger partial charge in [-0.1, -0.05) is 41.9 Å². The van der Waals surface area contributed by atoms with E-state index in [2.05, 4.69) is 5.32 Å².